The Kier molecular flexibility index (Phi) is 2.55. The predicted octanol–water partition coefficient (Wildman–Crippen LogP) is 0.322. The third-order valence-electron chi connectivity index (χ3n) is 1.91. The first-order valence-corrected chi connectivity index (χ1v) is 5.09. The lowest BCUT2D eigenvalue weighted by Gasteiger charge is -2.13. The Morgan fingerprint density at radius 2 is 2.60 bits per heavy atom. The standard InChI is InChI=1S/C8H9N3O3S/c1-14-10-6(7(12)13)5-4-11-2-3-15-8(11)9-5/h2-4,8-9H,1H3,(H,12,13)/b10-6+/t8-/m1/s1. The summed E-state index contributed by atoms with van der Waals surface area (Å²) in [7, 11) is 1.31. The van der Waals surface area contributed by atoms with E-state index in [1.807, 2.05) is 16.5 Å². The topological polar surface area (TPSA) is 74.2 Å². The van der Waals surface area contributed by atoms with Crippen LogP contribution in [0.3, 0.4) is 0 Å². The number of fused-ring (bicyclic) bond motifs is 1. The Morgan fingerprint density at radius 3 is 3.20 bits per heavy atom. The van der Waals surface area contributed by atoms with Gasteiger partial charge in [0.1, 0.15) is 7.11 Å². The maximum atomic E-state index is 10.9. The maximum absolute atomic E-state index is 10.9. The van der Waals surface area contributed by atoms with Gasteiger partial charge in [0, 0.05) is 12.4 Å². The van der Waals surface area contributed by atoms with E-state index in [1.165, 1.54) is 7.11 Å². The highest BCUT2D eigenvalue weighted by atomic mass is 32.2. The van der Waals surface area contributed by atoms with Crippen molar-refractivity contribution in [1.82, 2.24) is 10.2 Å². The lowest BCUT2D eigenvalue weighted by atomic mass is 10.3. The van der Waals surface area contributed by atoms with Crippen molar-refractivity contribution in [3.05, 3.63) is 23.5 Å². The van der Waals surface area contributed by atoms with E-state index in [0.29, 0.717) is 5.70 Å². The van der Waals surface area contributed by atoms with Crippen molar-refractivity contribution < 1.29 is 14.7 Å². The van der Waals surface area contributed by atoms with Crippen molar-refractivity contribution >= 4 is 23.4 Å². The number of nitrogens with one attached hydrogen (secondary N) is 1. The van der Waals surface area contributed by atoms with Crippen LogP contribution in [-0.4, -0.2) is 34.3 Å². The van der Waals surface area contributed by atoms with Gasteiger partial charge in [-0.05, 0) is 5.41 Å². The second-order valence-electron chi connectivity index (χ2n) is 2.84. The third-order valence-corrected chi connectivity index (χ3v) is 2.81. The molecule has 0 bridgehead atoms. The molecule has 0 spiro atoms. The fourth-order valence-corrected chi connectivity index (χ4v) is 2.12. The number of hydrogen-bond donors (Lipinski definition) is 2. The molecule has 0 aromatic rings. The van der Waals surface area contributed by atoms with E-state index in [2.05, 4.69) is 15.3 Å². The second kappa shape index (κ2) is 3.85. The molecule has 7 heteroatoms. The minimum atomic E-state index is -1.12. The number of rotatable bonds is 3. The fraction of sp³-hybridized carbons (Fsp3) is 0.250. The van der Waals surface area contributed by atoms with Crippen molar-refractivity contribution in [1.29, 1.82) is 0 Å². The van der Waals surface area contributed by atoms with Crippen LogP contribution in [0, 0.1) is 0 Å². The molecule has 0 unspecified atom stereocenters. The Labute approximate surface area is 90.3 Å². The Hall–Kier alpha value is -1.63. The molecule has 0 aromatic heterocycles. The SMILES string of the molecule is CO/N=C(/C(=O)O)C1=CN2C=CS[C@@H]2N1. The first-order valence-electron chi connectivity index (χ1n) is 4.15. The smallest absolute Gasteiger partial charge is 0.360 e. The molecule has 2 aliphatic heterocycles. The van der Waals surface area contributed by atoms with Gasteiger partial charge in [-0.3, -0.25) is 0 Å². The number of carboxylic acids is 1. The van der Waals surface area contributed by atoms with Crippen LogP contribution in [0.25, 0.3) is 0 Å². The summed E-state index contributed by atoms with van der Waals surface area (Å²) in [5.74, 6) is -1.12. The van der Waals surface area contributed by atoms with Gasteiger partial charge in [-0.2, -0.15) is 0 Å². The van der Waals surface area contributed by atoms with Gasteiger partial charge in [0.2, 0.25) is 5.71 Å². The van der Waals surface area contributed by atoms with Gasteiger partial charge in [0.25, 0.3) is 0 Å². The van der Waals surface area contributed by atoms with Crippen molar-refractivity contribution in [2.24, 2.45) is 5.16 Å². The highest BCUT2D eigenvalue weighted by Crippen LogP contribution is 2.28. The van der Waals surface area contributed by atoms with Gasteiger partial charge in [-0.15, -0.1) is 0 Å². The molecule has 0 fully saturated rings. The number of oxime groups is 1. The third kappa shape index (κ3) is 1.78. The van der Waals surface area contributed by atoms with E-state index in [1.54, 1.807) is 18.0 Å². The van der Waals surface area contributed by atoms with Crippen molar-refractivity contribution in [2.75, 3.05) is 7.11 Å². The Bertz CT molecular complexity index is 377. The molecule has 2 N–H and O–H groups in total. The van der Waals surface area contributed by atoms with Crippen molar-refractivity contribution in [3.63, 3.8) is 0 Å². The number of aliphatic carboxylic acids is 1. The number of nitrogens with zero attached hydrogens (tertiary/aromatic N) is 2. The summed E-state index contributed by atoms with van der Waals surface area (Å²) < 4.78 is 0. The first kappa shape index (κ1) is 9.91. The summed E-state index contributed by atoms with van der Waals surface area (Å²) in [6.45, 7) is 0. The summed E-state index contributed by atoms with van der Waals surface area (Å²) in [6, 6.07) is 0. The van der Waals surface area contributed by atoms with Gasteiger partial charge in [0.05, 0.1) is 5.70 Å². The summed E-state index contributed by atoms with van der Waals surface area (Å²) in [5, 5.41) is 17.3. The molecule has 0 radical (unpaired) electrons. The molecule has 2 heterocycles. The average molecular weight is 227 g/mol. The van der Waals surface area contributed by atoms with E-state index >= 15 is 0 Å². The number of thioether (sulfide) groups is 1. The largest absolute Gasteiger partial charge is 0.476 e. The zero-order valence-corrected chi connectivity index (χ0v) is 8.69. The van der Waals surface area contributed by atoms with Crippen molar-refractivity contribution in [2.45, 2.75) is 5.50 Å². The summed E-state index contributed by atoms with van der Waals surface area (Å²) in [6.07, 6.45) is 3.55. The Morgan fingerprint density at radius 1 is 1.80 bits per heavy atom. The molecule has 2 aliphatic rings. The zero-order valence-electron chi connectivity index (χ0n) is 7.88. The number of hydrogen-bond acceptors (Lipinski definition) is 6. The van der Waals surface area contributed by atoms with Gasteiger partial charge in [0.15, 0.2) is 5.50 Å². The number of carbonyl (C=O) groups is 1. The minimum absolute atomic E-state index is 0.0291. The monoisotopic (exact) mass is 227 g/mol. The molecule has 0 aliphatic carbocycles. The number of carboxylic acid groups (broad SMARTS) is 1. The molecule has 1 atom stereocenters. The van der Waals surface area contributed by atoms with Gasteiger partial charge >= 0.3 is 5.97 Å². The van der Waals surface area contributed by atoms with E-state index in [-0.39, 0.29) is 11.2 Å². The summed E-state index contributed by atoms with van der Waals surface area (Å²) >= 11 is 1.56. The molecule has 15 heavy (non-hydrogen) atoms. The van der Waals surface area contributed by atoms with Crippen LogP contribution in [-0.2, 0) is 9.63 Å². The van der Waals surface area contributed by atoms with Crippen LogP contribution in [0.15, 0.2) is 28.7 Å². The van der Waals surface area contributed by atoms with Crippen LogP contribution >= 0.6 is 11.8 Å². The first-order chi connectivity index (χ1) is 7.22. The van der Waals surface area contributed by atoms with E-state index in [4.69, 9.17) is 5.11 Å². The average Bonchev–Trinajstić information content (AvgIpc) is 2.72. The van der Waals surface area contributed by atoms with E-state index in [0.717, 1.165) is 0 Å². The van der Waals surface area contributed by atoms with Crippen LogP contribution < -0.4 is 5.32 Å². The fourth-order valence-electron chi connectivity index (χ4n) is 1.29. The predicted molar refractivity (Wildman–Crippen MR) is 55.7 cm³/mol. The summed E-state index contributed by atoms with van der Waals surface area (Å²) in [5.41, 5.74) is 0.355. The van der Waals surface area contributed by atoms with Crippen molar-refractivity contribution in [3.8, 4) is 0 Å². The highest BCUT2D eigenvalue weighted by Gasteiger charge is 2.30. The van der Waals surface area contributed by atoms with Crippen LogP contribution in [0.5, 0.6) is 0 Å². The van der Waals surface area contributed by atoms with Gasteiger partial charge in [-0.1, -0.05) is 16.9 Å². The quantitative estimate of drug-likeness (QED) is 0.534. The molecule has 0 saturated heterocycles. The molecular weight excluding hydrogens is 218 g/mol. The lowest BCUT2D eigenvalue weighted by molar-refractivity contribution is -0.129. The molecule has 2 rings (SSSR count). The highest BCUT2D eigenvalue weighted by molar-refractivity contribution is 8.02. The van der Waals surface area contributed by atoms with Gasteiger partial charge < -0.3 is 20.2 Å². The Balaban J connectivity index is 2.20. The van der Waals surface area contributed by atoms with Crippen LogP contribution in [0.1, 0.15) is 0 Å². The van der Waals surface area contributed by atoms with E-state index < -0.39 is 5.97 Å². The van der Waals surface area contributed by atoms with Gasteiger partial charge in [-0.25, -0.2) is 4.79 Å². The molecule has 6 nitrogen and oxygen atoms in total. The molecule has 0 aromatic carbocycles. The minimum Gasteiger partial charge on any atom is -0.476 e. The molecule has 80 valence electrons. The van der Waals surface area contributed by atoms with Crippen LogP contribution in [0.2, 0.25) is 0 Å². The van der Waals surface area contributed by atoms with Crippen LogP contribution in [0.4, 0.5) is 0 Å². The normalized spacial score (nSPS) is 23.5. The molecule has 0 amide bonds. The zero-order chi connectivity index (χ0) is 10.8. The molecule has 0 saturated carbocycles. The lowest BCUT2D eigenvalue weighted by Crippen LogP contribution is -2.30. The van der Waals surface area contributed by atoms with E-state index in [9.17, 15) is 4.79 Å². The maximum Gasteiger partial charge on any atom is 0.360 e. The molecular formula is C8H9N3O3S. The second-order valence-corrected chi connectivity index (χ2v) is 3.83. The summed E-state index contributed by atoms with van der Waals surface area (Å²) in [4.78, 5) is 17.2.